The molecular weight excluding hydrogens is 230 g/mol. The topological polar surface area (TPSA) is 78.9 Å². The molecule has 0 spiro atoms. The van der Waals surface area contributed by atoms with Crippen LogP contribution >= 0.6 is 0 Å². The van der Waals surface area contributed by atoms with Gasteiger partial charge in [0, 0.05) is 12.6 Å². The number of unbranched alkanes of at least 4 members (excludes halogenated alkanes) is 1. The molecule has 0 aliphatic carbocycles. The van der Waals surface area contributed by atoms with Gasteiger partial charge in [0.05, 0.1) is 0 Å². The Morgan fingerprint density at radius 3 is 2.39 bits per heavy atom. The van der Waals surface area contributed by atoms with Gasteiger partial charge in [0.2, 0.25) is 5.91 Å². The number of carbonyl (C=O) groups is 1. The summed E-state index contributed by atoms with van der Waals surface area (Å²) in [6.45, 7) is 10.3. The molecule has 0 aromatic rings. The maximum atomic E-state index is 12.5. The van der Waals surface area contributed by atoms with Gasteiger partial charge in [-0.1, -0.05) is 25.4 Å². The van der Waals surface area contributed by atoms with Crippen LogP contribution in [0.5, 0.6) is 0 Å². The van der Waals surface area contributed by atoms with Crippen molar-refractivity contribution in [2.24, 2.45) is 16.3 Å². The molecule has 0 saturated carbocycles. The van der Waals surface area contributed by atoms with E-state index >= 15 is 0 Å². The first-order chi connectivity index (χ1) is 8.32. The van der Waals surface area contributed by atoms with E-state index < -0.39 is 5.41 Å². The quantitative estimate of drug-likeness (QED) is 0.317. The summed E-state index contributed by atoms with van der Waals surface area (Å²) in [5.74, 6) is -0.127. The van der Waals surface area contributed by atoms with Crippen molar-refractivity contribution in [2.75, 3.05) is 6.54 Å². The number of oxime groups is 1. The molecular formula is C13H27N3O2. The smallest absolute Gasteiger partial charge is 0.236 e. The van der Waals surface area contributed by atoms with E-state index in [2.05, 4.69) is 12.1 Å². The molecule has 0 heterocycles. The number of nitrogens with zero attached hydrogens (tertiary/aromatic N) is 2. The largest absolute Gasteiger partial charge is 0.409 e. The average Bonchev–Trinajstić information content (AvgIpc) is 2.37. The highest BCUT2D eigenvalue weighted by Gasteiger charge is 2.37. The first-order valence-corrected chi connectivity index (χ1v) is 6.61. The van der Waals surface area contributed by atoms with Gasteiger partial charge in [-0.05, 0) is 33.6 Å². The highest BCUT2D eigenvalue weighted by Crippen LogP contribution is 2.22. The van der Waals surface area contributed by atoms with E-state index in [9.17, 15) is 4.79 Å². The van der Waals surface area contributed by atoms with E-state index in [1.807, 2.05) is 18.7 Å². The molecule has 0 bridgehead atoms. The van der Waals surface area contributed by atoms with E-state index in [0.717, 1.165) is 19.3 Å². The predicted octanol–water partition coefficient (Wildman–Crippen LogP) is 2.19. The molecule has 1 atom stereocenters. The molecule has 5 nitrogen and oxygen atoms in total. The van der Waals surface area contributed by atoms with Crippen LogP contribution in [0.3, 0.4) is 0 Å². The molecule has 106 valence electrons. The van der Waals surface area contributed by atoms with Crippen LogP contribution in [-0.2, 0) is 4.79 Å². The first-order valence-electron chi connectivity index (χ1n) is 6.61. The van der Waals surface area contributed by atoms with E-state index in [1.54, 1.807) is 13.8 Å². The van der Waals surface area contributed by atoms with Crippen LogP contribution in [0, 0.1) is 5.41 Å². The molecule has 0 radical (unpaired) electrons. The van der Waals surface area contributed by atoms with Crippen LogP contribution in [-0.4, -0.2) is 34.4 Å². The van der Waals surface area contributed by atoms with E-state index in [0.29, 0.717) is 6.54 Å². The Morgan fingerprint density at radius 2 is 2.00 bits per heavy atom. The third-order valence-electron chi connectivity index (χ3n) is 3.42. The lowest BCUT2D eigenvalue weighted by molar-refractivity contribution is -0.139. The molecule has 0 fully saturated rings. The molecule has 0 aromatic heterocycles. The first kappa shape index (κ1) is 16.7. The van der Waals surface area contributed by atoms with Gasteiger partial charge in [-0.15, -0.1) is 0 Å². The van der Waals surface area contributed by atoms with Gasteiger partial charge in [0.1, 0.15) is 5.41 Å². The monoisotopic (exact) mass is 257 g/mol. The predicted molar refractivity (Wildman–Crippen MR) is 73.6 cm³/mol. The minimum atomic E-state index is -0.966. The molecule has 0 saturated heterocycles. The molecule has 3 N–H and O–H groups in total. The lowest BCUT2D eigenvalue weighted by atomic mass is 9.89. The SMILES string of the molecule is CCCCN(C(=O)C(C)(C)C(N)=NO)C(C)CC. The van der Waals surface area contributed by atoms with Crippen molar-refractivity contribution < 1.29 is 10.0 Å². The second-order valence-electron chi connectivity index (χ2n) is 5.22. The van der Waals surface area contributed by atoms with E-state index in [-0.39, 0.29) is 17.8 Å². The summed E-state index contributed by atoms with van der Waals surface area (Å²) in [5.41, 5.74) is 4.65. The molecule has 18 heavy (non-hydrogen) atoms. The summed E-state index contributed by atoms with van der Waals surface area (Å²) in [5, 5.41) is 11.7. The zero-order valence-electron chi connectivity index (χ0n) is 12.2. The fraction of sp³-hybridized carbons (Fsp3) is 0.846. The Labute approximate surface area is 110 Å². The van der Waals surface area contributed by atoms with E-state index in [4.69, 9.17) is 10.9 Å². The second kappa shape index (κ2) is 7.24. The maximum absolute atomic E-state index is 12.5. The van der Waals surface area contributed by atoms with Crippen LogP contribution < -0.4 is 5.73 Å². The zero-order chi connectivity index (χ0) is 14.3. The van der Waals surface area contributed by atoms with E-state index in [1.165, 1.54) is 0 Å². The Morgan fingerprint density at radius 1 is 1.44 bits per heavy atom. The molecule has 1 amide bonds. The Hall–Kier alpha value is -1.26. The number of hydrogen-bond acceptors (Lipinski definition) is 3. The van der Waals surface area contributed by atoms with Crippen LogP contribution in [0.4, 0.5) is 0 Å². The fourth-order valence-electron chi connectivity index (χ4n) is 1.66. The van der Waals surface area contributed by atoms with Gasteiger partial charge < -0.3 is 15.8 Å². The summed E-state index contributed by atoms with van der Waals surface area (Å²) in [6, 6.07) is 0.162. The lowest BCUT2D eigenvalue weighted by Crippen LogP contribution is -2.51. The van der Waals surface area contributed by atoms with Crippen LogP contribution in [0.2, 0.25) is 0 Å². The van der Waals surface area contributed by atoms with Crippen molar-refractivity contribution in [3.63, 3.8) is 0 Å². The second-order valence-corrected chi connectivity index (χ2v) is 5.22. The number of amides is 1. The molecule has 0 rings (SSSR count). The van der Waals surface area contributed by atoms with Crippen molar-refractivity contribution >= 4 is 11.7 Å². The highest BCUT2D eigenvalue weighted by atomic mass is 16.4. The molecule has 1 unspecified atom stereocenters. The summed E-state index contributed by atoms with van der Waals surface area (Å²) < 4.78 is 0. The number of hydrogen-bond donors (Lipinski definition) is 2. The molecule has 5 heteroatoms. The zero-order valence-corrected chi connectivity index (χ0v) is 12.2. The van der Waals surface area contributed by atoms with Gasteiger partial charge >= 0.3 is 0 Å². The summed E-state index contributed by atoms with van der Waals surface area (Å²) in [6.07, 6.45) is 2.88. The van der Waals surface area contributed by atoms with Gasteiger partial charge in [0.25, 0.3) is 0 Å². The normalized spacial score (nSPS) is 14.4. The van der Waals surface area contributed by atoms with Gasteiger partial charge in [-0.2, -0.15) is 0 Å². The number of carbonyl (C=O) groups excluding carboxylic acids is 1. The van der Waals surface area contributed by atoms with Crippen molar-refractivity contribution in [2.45, 2.75) is 59.9 Å². The summed E-state index contributed by atoms with van der Waals surface area (Å²) in [4.78, 5) is 14.4. The number of rotatable bonds is 7. The summed E-state index contributed by atoms with van der Waals surface area (Å²) >= 11 is 0. The van der Waals surface area contributed by atoms with Crippen molar-refractivity contribution in [3.05, 3.63) is 0 Å². The summed E-state index contributed by atoms with van der Waals surface area (Å²) in [7, 11) is 0. The van der Waals surface area contributed by atoms with Crippen molar-refractivity contribution in [1.29, 1.82) is 0 Å². The molecule has 0 aliphatic rings. The Bertz CT molecular complexity index is 301. The Kier molecular flexibility index (Phi) is 6.73. The van der Waals surface area contributed by atoms with Crippen LogP contribution in [0.1, 0.15) is 53.9 Å². The Balaban J connectivity index is 5.06. The van der Waals surface area contributed by atoms with Crippen LogP contribution in [0.15, 0.2) is 5.16 Å². The van der Waals surface area contributed by atoms with Crippen LogP contribution in [0.25, 0.3) is 0 Å². The number of nitrogens with two attached hydrogens (primary N) is 1. The maximum Gasteiger partial charge on any atom is 0.236 e. The van der Waals surface area contributed by atoms with Gasteiger partial charge in [-0.3, -0.25) is 4.79 Å². The van der Waals surface area contributed by atoms with Gasteiger partial charge in [0.15, 0.2) is 5.84 Å². The fourth-order valence-corrected chi connectivity index (χ4v) is 1.66. The standard InChI is InChI=1S/C13H27N3O2/c1-6-8-9-16(10(3)7-2)12(17)13(4,5)11(14)15-18/h10,18H,6-9H2,1-5H3,(H2,14,15). The van der Waals surface area contributed by atoms with Crippen molar-refractivity contribution in [3.8, 4) is 0 Å². The lowest BCUT2D eigenvalue weighted by Gasteiger charge is -2.35. The average molecular weight is 257 g/mol. The minimum absolute atomic E-state index is 0.0442. The number of amidine groups is 1. The molecule has 0 aromatic carbocycles. The third-order valence-corrected chi connectivity index (χ3v) is 3.42. The highest BCUT2D eigenvalue weighted by molar-refractivity contribution is 6.05. The minimum Gasteiger partial charge on any atom is -0.409 e. The third kappa shape index (κ3) is 3.89. The molecule has 0 aliphatic heterocycles. The van der Waals surface area contributed by atoms with Crippen molar-refractivity contribution in [1.82, 2.24) is 4.90 Å². The van der Waals surface area contributed by atoms with Gasteiger partial charge in [-0.25, -0.2) is 0 Å².